The van der Waals surface area contributed by atoms with E-state index in [1.807, 2.05) is 17.9 Å². The quantitative estimate of drug-likeness (QED) is 0.621. The molecule has 1 fully saturated rings. The van der Waals surface area contributed by atoms with E-state index in [0.717, 1.165) is 23.5 Å². The molecule has 2 aromatic heterocycles. The molecule has 1 aliphatic heterocycles. The topological polar surface area (TPSA) is 93.4 Å². The molecule has 1 amide bonds. The number of nitrogens with zero attached hydrogens (tertiary/aromatic N) is 3. The molecule has 0 bridgehead atoms. The second-order valence-corrected chi connectivity index (χ2v) is 7.54. The van der Waals surface area contributed by atoms with E-state index in [1.54, 1.807) is 30.6 Å². The summed E-state index contributed by atoms with van der Waals surface area (Å²) in [5, 5.41) is 2.47. The number of aromatic nitrogens is 2. The van der Waals surface area contributed by atoms with E-state index >= 15 is 0 Å². The summed E-state index contributed by atoms with van der Waals surface area (Å²) in [6.45, 7) is 3.02. The van der Waals surface area contributed by atoms with Gasteiger partial charge in [-0.3, -0.25) is 14.8 Å². The molecule has 0 spiro atoms. The van der Waals surface area contributed by atoms with Crippen LogP contribution in [0.25, 0.3) is 0 Å². The van der Waals surface area contributed by atoms with Crippen molar-refractivity contribution < 1.29 is 22.7 Å². The molecule has 0 aliphatic carbocycles. The number of carbonyl (C=O) groups excluding carboxylic acids is 1. The predicted molar refractivity (Wildman–Crippen MR) is 114 cm³/mol. The summed E-state index contributed by atoms with van der Waals surface area (Å²) in [6.07, 6.45) is 0.413. The van der Waals surface area contributed by atoms with Crippen LogP contribution in [-0.4, -0.2) is 35.1 Å². The van der Waals surface area contributed by atoms with Crippen LogP contribution < -0.4 is 20.7 Å². The maximum atomic E-state index is 12.9. The van der Waals surface area contributed by atoms with E-state index in [0.29, 0.717) is 30.7 Å². The first kappa shape index (κ1) is 21.4. The van der Waals surface area contributed by atoms with E-state index in [1.165, 1.54) is 0 Å². The normalized spacial score (nSPS) is 14.1. The minimum absolute atomic E-state index is 0.0552. The number of nitrogen functional groups attached to an aromatic ring is 1. The molecule has 4 rings (SSSR count). The molecule has 3 aromatic rings. The number of nitrogens with one attached hydrogen (secondary N) is 1. The zero-order chi connectivity index (χ0) is 22.9. The van der Waals surface area contributed by atoms with Gasteiger partial charge in [-0.1, -0.05) is 6.07 Å². The number of halogens is 3. The number of rotatable bonds is 5. The second kappa shape index (κ2) is 8.37. The van der Waals surface area contributed by atoms with Gasteiger partial charge >= 0.3 is 6.18 Å². The number of anilines is 3. The first-order chi connectivity index (χ1) is 15.2. The summed E-state index contributed by atoms with van der Waals surface area (Å²) < 4.78 is 44.8. The van der Waals surface area contributed by atoms with Crippen LogP contribution in [0.1, 0.15) is 21.5 Å². The van der Waals surface area contributed by atoms with Crippen molar-refractivity contribution in [3.05, 3.63) is 71.8 Å². The Labute approximate surface area is 182 Å². The zero-order valence-electron chi connectivity index (χ0n) is 17.1. The largest absolute Gasteiger partial charge is 0.486 e. The number of nitrogens with two attached hydrogens (primary N) is 1. The number of carbonyl (C=O) groups is 1. The van der Waals surface area contributed by atoms with Gasteiger partial charge in [0.1, 0.15) is 11.9 Å². The number of pyridine rings is 2. The van der Waals surface area contributed by atoms with Crippen LogP contribution in [0, 0.1) is 6.92 Å². The van der Waals surface area contributed by atoms with Crippen molar-refractivity contribution >= 4 is 23.0 Å². The van der Waals surface area contributed by atoms with Gasteiger partial charge in [-0.2, -0.15) is 13.2 Å². The fraction of sp³-hybridized carbons (Fsp3) is 0.227. The van der Waals surface area contributed by atoms with Gasteiger partial charge in [0, 0.05) is 12.4 Å². The Morgan fingerprint density at radius 2 is 1.88 bits per heavy atom. The highest BCUT2D eigenvalue weighted by molar-refractivity contribution is 6.06. The van der Waals surface area contributed by atoms with Crippen molar-refractivity contribution in [2.24, 2.45) is 0 Å². The highest BCUT2D eigenvalue weighted by atomic mass is 19.4. The van der Waals surface area contributed by atoms with Gasteiger partial charge in [-0.05, 0) is 36.8 Å². The lowest BCUT2D eigenvalue weighted by molar-refractivity contribution is -0.137. The van der Waals surface area contributed by atoms with Gasteiger partial charge in [-0.25, -0.2) is 0 Å². The number of benzene rings is 1. The molecular formula is C22H20F3N5O2. The average molecular weight is 443 g/mol. The van der Waals surface area contributed by atoms with Gasteiger partial charge in [0.05, 0.1) is 53.7 Å². The zero-order valence-corrected chi connectivity index (χ0v) is 17.1. The van der Waals surface area contributed by atoms with E-state index in [9.17, 15) is 18.0 Å². The van der Waals surface area contributed by atoms with Crippen molar-refractivity contribution in [2.75, 3.05) is 29.0 Å². The van der Waals surface area contributed by atoms with E-state index in [-0.39, 0.29) is 17.4 Å². The Hall–Kier alpha value is -3.82. The average Bonchev–Trinajstić information content (AvgIpc) is 2.70. The van der Waals surface area contributed by atoms with Crippen molar-refractivity contribution in [3.63, 3.8) is 0 Å². The molecule has 7 nitrogen and oxygen atoms in total. The summed E-state index contributed by atoms with van der Waals surface area (Å²) >= 11 is 0. The lowest BCUT2D eigenvalue weighted by Crippen LogP contribution is -2.54. The number of hydrogen-bond donors (Lipinski definition) is 2. The maximum absolute atomic E-state index is 12.9. The summed E-state index contributed by atoms with van der Waals surface area (Å²) in [5.41, 5.74) is 7.31. The molecule has 0 saturated carbocycles. The summed E-state index contributed by atoms with van der Waals surface area (Å²) in [5.74, 6) is -0.227. The lowest BCUT2D eigenvalue weighted by Gasteiger charge is -2.40. The van der Waals surface area contributed by atoms with Crippen LogP contribution in [0.3, 0.4) is 0 Å². The minimum atomic E-state index is -4.55. The van der Waals surface area contributed by atoms with Gasteiger partial charge in [-0.15, -0.1) is 0 Å². The fourth-order valence-electron chi connectivity index (χ4n) is 3.30. The molecule has 1 aliphatic rings. The Morgan fingerprint density at radius 3 is 2.59 bits per heavy atom. The van der Waals surface area contributed by atoms with Gasteiger partial charge in [0.25, 0.3) is 5.91 Å². The predicted octanol–water partition coefficient (Wildman–Crippen LogP) is 3.91. The third kappa shape index (κ3) is 4.74. The highest BCUT2D eigenvalue weighted by Gasteiger charge is 2.32. The number of ether oxygens (including phenoxy) is 1. The SMILES string of the molecule is Cc1ccc(C(=O)Nc2cncc(C(F)(F)F)c2)c(OC2CN(c3cncc(N)c3)C2)c1. The third-order valence-electron chi connectivity index (χ3n) is 4.96. The Kier molecular flexibility index (Phi) is 5.60. The molecule has 1 aromatic carbocycles. The molecule has 1 saturated heterocycles. The number of aryl methyl sites for hydroxylation is 1. The summed E-state index contributed by atoms with van der Waals surface area (Å²) in [6, 6.07) is 7.70. The monoisotopic (exact) mass is 443 g/mol. The van der Waals surface area contributed by atoms with Crippen molar-refractivity contribution in [1.29, 1.82) is 0 Å². The van der Waals surface area contributed by atoms with E-state index < -0.39 is 17.6 Å². The Balaban J connectivity index is 1.46. The van der Waals surface area contributed by atoms with Crippen LogP contribution in [0.4, 0.5) is 30.2 Å². The van der Waals surface area contributed by atoms with Crippen molar-refractivity contribution in [2.45, 2.75) is 19.2 Å². The van der Waals surface area contributed by atoms with Crippen LogP contribution in [-0.2, 0) is 6.18 Å². The second-order valence-electron chi connectivity index (χ2n) is 7.54. The molecule has 3 heterocycles. The molecule has 10 heteroatoms. The third-order valence-corrected chi connectivity index (χ3v) is 4.96. The summed E-state index contributed by atoms with van der Waals surface area (Å²) in [7, 11) is 0. The summed E-state index contributed by atoms with van der Waals surface area (Å²) in [4.78, 5) is 22.5. The maximum Gasteiger partial charge on any atom is 0.417 e. The Morgan fingerprint density at radius 1 is 1.12 bits per heavy atom. The van der Waals surface area contributed by atoms with Gasteiger partial charge in [0.15, 0.2) is 0 Å². The molecule has 0 radical (unpaired) electrons. The molecular weight excluding hydrogens is 423 g/mol. The lowest BCUT2D eigenvalue weighted by atomic mass is 10.1. The number of amides is 1. The van der Waals surface area contributed by atoms with Gasteiger partial charge in [0.2, 0.25) is 0 Å². The van der Waals surface area contributed by atoms with Gasteiger partial charge < -0.3 is 20.7 Å². The standard InChI is InChI=1S/C22H20F3N5O2/c1-13-2-3-19(21(31)29-16-5-14(7-27-9-16)22(23,24)25)20(4-13)32-18-11-30(12-18)17-6-15(26)8-28-10-17/h2-10,18H,11-12,26H2,1H3,(H,29,31). The first-order valence-corrected chi connectivity index (χ1v) is 9.75. The minimum Gasteiger partial charge on any atom is -0.486 e. The molecule has 0 unspecified atom stereocenters. The number of alkyl halides is 3. The molecule has 0 atom stereocenters. The van der Waals surface area contributed by atoms with Crippen LogP contribution in [0.15, 0.2) is 55.1 Å². The van der Waals surface area contributed by atoms with E-state index in [4.69, 9.17) is 10.5 Å². The molecule has 166 valence electrons. The smallest absolute Gasteiger partial charge is 0.417 e. The number of hydrogen-bond acceptors (Lipinski definition) is 6. The van der Waals surface area contributed by atoms with Crippen LogP contribution in [0.5, 0.6) is 5.75 Å². The van der Waals surface area contributed by atoms with Crippen LogP contribution >= 0.6 is 0 Å². The van der Waals surface area contributed by atoms with Crippen molar-refractivity contribution in [3.8, 4) is 5.75 Å². The Bertz CT molecular complexity index is 1150. The van der Waals surface area contributed by atoms with E-state index in [2.05, 4.69) is 15.3 Å². The van der Waals surface area contributed by atoms with Crippen LogP contribution in [0.2, 0.25) is 0 Å². The van der Waals surface area contributed by atoms with Crippen molar-refractivity contribution in [1.82, 2.24) is 9.97 Å². The fourth-order valence-corrected chi connectivity index (χ4v) is 3.30. The molecule has 32 heavy (non-hydrogen) atoms. The molecule has 3 N–H and O–H groups in total. The first-order valence-electron chi connectivity index (χ1n) is 9.75. The highest BCUT2D eigenvalue weighted by Crippen LogP contribution is 2.31.